The molecule has 0 fully saturated rings. The van der Waals surface area contributed by atoms with Crippen molar-refractivity contribution in [2.75, 3.05) is 12.4 Å². The van der Waals surface area contributed by atoms with Crippen LogP contribution >= 0.6 is 11.6 Å². The summed E-state index contributed by atoms with van der Waals surface area (Å²) in [6.45, 7) is 5.38. The first-order valence-corrected chi connectivity index (χ1v) is 6.37. The summed E-state index contributed by atoms with van der Waals surface area (Å²) in [5, 5.41) is 3.21. The van der Waals surface area contributed by atoms with E-state index in [9.17, 15) is 13.2 Å². The number of alkyl halides is 4. The van der Waals surface area contributed by atoms with E-state index in [2.05, 4.69) is 10.1 Å². The molecule has 108 valence electrons. The van der Waals surface area contributed by atoms with Gasteiger partial charge < -0.3 is 10.1 Å². The molecule has 2 nitrogen and oxygen atoms in total. The Morgan fingerprint density at radius 2 is 1.74 bits per heavy atom. The molecule has 0 radical (unpaired) electrons. The van der Waals surface area contributed by atoms with Crippen LogP contribution in [0.15, 0.2) is 24.3 Å². The highest BCUT2D eigenvalue weighted by atomic mass is 35.5. The van der Waals surface area contributed by atoms with Crippen molar-refractivity contribution in [3.8, 4) is 5.75 Å². The van der Waals surface area contributed by atoms with Crippen LogP contribution in [0.25, 0.3) is 0 Å². The number of halogens is 4. The van der Waals surface area contributed by atoms with E-state index in [1.165, 1.54) is 12.1 Å². The molecule has 19 heavy (non-hydrogen) atoms. The van der Waals surface area contributed by atoms with Gasteiger partial charge in [-0.3, -0.25) is 0 Å². The molecule has 0 saturated carbocycles. The standard InChI is InChI=1S/C13H17ClF3NO/c1-12(2,8-14)9-18-7-10-3-5-11(6-4-10)19-13(15,16)17/h3-6,18H,7-9H2,1-2H3. The van der Waals surface area contributed by atoms with Crippen molar-refractivity contribution >= 4 is 11.6 Å². The average molecular weight is 296 g/mol. The fraction of sp³-hybridized carbons (Fsp3) is 0.538. The van der Waals surface area contributed by atoms with Crippen LogP contribution in [-0.2, 0) is 6.54 Å². The van der Waals surface area contributed by atoms with E-state index in [0.717, 1.165) is 12.1 Å². The van der Waals surface area contributed by atoms with Gasteiger partial charge in [0.25, 0.3) is 0 Å². The molecule has 0 spiro atoms. The lowest BCUT2D eigenvalue weighted by Gasteiger charge is -2.21. The molecule has 0 aliphatic carbocycles. The number of rotatable bonds is 6. The molecule has 0 atom stereocenters. The Hall–Kier alpha value is -0.940. The molecule has 0 bridgehead atoms. The van der Waals surface area contributed by atoms with Crippen molar-refractivity contribution in [1.29, 1.82) is 0 Å². The van der Waals surface area contributed by atoms with Crippen LogP contribution in [0.2, 0.25) is 0 Å². The molecule has 1 N–H and O–H groups in total. The molecule has 0 heterocycles. The normalized spacial score (nSPS) is 12.5. The third kappa shape index (κ3) is 6.68. The molecule has 1 aromatic carbocycles. The predicted molar refractivity (Wildman–Crippen MR) is 69.3 cm³/mol. The summed E-state index contributed by atoms with van der Waals surface area (Å²) >= 11 is 5.79. The number of nitrogens with one attached hydrogen (secondary N) is 1. The largest absolute Gasteiger partial charge is 0.573 e. The fourth-order valence-corrected chi connectivity index (χ4v) is 1.50. The minimum absolute atomic E-state index is 0.0130. The molecule has 0 aromatic heterocycles. The van der Waals surface area contributed by atoms with Gasteiger partial charge in [0.2, 0.25) is 0 Å². The Morgan fingerprint density at radius 1 is 1.16 bits per heavy atom. The third-order valence-electron chi connectivity index (χ3n) is 2.45. The van der Waals surface area contributed by atoms with E-state index < -0.39 is 6.36 Å². The second kappa shape index (κ2) is 6.48. The lowest BCUT2D eigenvalue weighted by Crippen LogP contribution is -2.30. The summed E-state index contributed by atoms with van der Waals surface area (Å²) in [7, 11) is 0. The summed E-state index contributed by atoms with van der Waals surface area (Å²) in [4.78, 5) is 0. The third-order valence-corrected chi connectivity index (χ3v) is 3.17. The first-order valence-electron chi connectivity index (χ1n) is 5.83. The zero-order valence-corrected chi connectivity index (χ0v) is 11.6. The van der Waals surface area contributed by atoms with Crippen LogP contribution in [0.3, 0.4) is 0 Å². The minimum atomic E-state index is -4.65. The maximum Gasteiger partial charge on any atom is 0.573 e. The van der Waals surface area contributed by atoms with Gasteiger partial charge >= 0.3 is 6.36 Å². The van der Waals surface area contributed by atoms with Crippen molar-refractivity contribution in [2.45, 2.75) is 26.8 Å². The lowest BCUT2D eigenvalue weighted by atomic mass is 9.96. The molecule has 0 saturated heterocycles. The van der Waals surface area contributed by atoms with Gasteiger partial charge in [-0.1, -0.05) is 26.0 Å². The first kappa shape index (κ1) is 16.1. The summed E-state index contributed by atoms with van der Waals surface area (Å²) in [5.41, 5.74) is 0.876. The zero-order valence-electron chi connectivity index (χ0n) is 10.9. The SMILES string of the molecule is CC(C)(CCl)CNCc1ccc(OC(F)(F)F)cc1. The Balaban J connectivity index is 2.45. The summed E-state index contributed by atoms with van der Waals surface area (Å²) in [6, 6.07) is 5.80. The van der Waals surface area contributed by atoms with Crippen LogP contribution in [0.4, 0.5) is 13.2 Å². The Morgan fingerprint density at radius 3 is 2.21 bits per heavy atom. The topological polar surface area (TPSA) is 21.3 Å². The maximum atomic E-state index is 12.0. The summed E-state index contributed by atoms with van der Waals surface area (Å²) in [5.74, 6) is 0.329. The molecule has 0 amide bonds. The molecule has 0 aliphatic rings. The second-order valence-corrected chi connectivity index (χ2v) is 5.36. The summed E-state index contributed by atoms with van der Waals surface area (Å²) in [6.07, 6.45) is -4.65. The van der Waals surface area contributed by atoms with Gasteiger partial charge in [-0.05, 0) is 23.1 Å². The van der Waals surface area contributed by atoms with Gasteiger partial charge in [0, 0.05) is 19.0 Å². The second-order valence-electron chi connectivity index (χ2n) is 5.09. The van der Waals surface area contributed by atoms with Crippen molar-refractivity contribution in [3.05, 3.63) is 29.8 Å². The first-order chi connectivity index (χ1) is 8.72. The number of hydrogen-bond donors (Lipinski definition) is 1. The van der Waals surface area contributed by atoms with Crippen molar-refractivity contribution in [1.82, 2.24) is 5.32 Å². The van der Waals surface area contributed by atoms with Crippen molar-refractivity contribution in [2.24, 2.45) is 5.41 Å². The number of hydrogen-bond acceptors (Lipinski definition) is 2. The monoisotopic (exact) mass is 295 g/mol. The quantitative estimate of drug-likeness (QED) is 0.803. The highest BCUT2D eigenvalue weighted by molar-refractivity contribution is 6.18. The highest BCUT2D eigenvalue weighted by Gasteiger charge is 2.30. The van der Waals surface area contributed by atoms with Crippen LogP contribution < -0.4 is 10.1 Å². The van der Waals surface area contributed by atoms with E-state index in [1.54, 1.807) is 12.1 Å². The number of ether oxygens (including phenoxy) is 1. The van der Waals surface area contributed by atoms with E-state index in [-0.39, 0.29) is 11.2 Å². The molecule has 1 aromatic rings. The Labute approximate surface area is 115 Å². The van der Waals surface area contributed by atoms with Gasteiger partial charge in [-0.2, -0.15) is 0 Å². The Bertz CT molecular complexity index is 390. The van der Waals surface area contributed by atoms with E-state index in [0.29, 0.717) is 12.4 Å². The predicted octanol–water partition coefficient (Wildman–Crippen LogP) is 3.94. The smallest absolute Gasteiger partial charge is 0.406 e. The molecular formula is C13H17ClF3NO. The number of benzene rings is 1. The van der Waals surface area contributed by atoms with Crippen molar-refractivity contribution in [3.63, 3.8) is 0 Å². The van der Waals surface area contributed by atoms with Gasteiger partial charge in [0.1, 0.15) is 5.75 Å². The van der Waals surface area contributed by atoms with Gasteiger partial charge in [-0.25, -0.2) is 0 Å². The van der Waals surface area contributed by atoms with Crippen LogP contribution in [-0.4, -0.2) is 18.8 Å². The summed E-state index contributed by atoms with van der Waals surface area (Å²) < 4.78 is 39.7. The molecule has 0 unspecified atom stereocenters. The highest BCUT2D eigenvalue weighted by Crippen LogP contribution is 2.22. The van der Waals surface area contributed by atoms with Gasteiger partial charge in [-0.15, -0.1) is 24.8 Å². The van der Waals surface area contributed by atoms with E-state index in [1.807, 2.05) is 13.8 Å². The molecule has 1 rings (SSSR count). The van der Waals surface area contributed by atoms with Crippen molar-refractivity contribution < 1.29 is 17.9 Å². The molecular weight excluding hydrogens is 279 g/mol. The van der Waals surface area contributed by atoms with E-state index >= 15 is 0 Å². The Kier molecular flexibility index (Phi) is 5.50. The van der Waals surface area contributed by atoms with Gasteiger partial charge in [0.15, 0.2) is 0 Å². The molecule has 0 aliphatic heterocycles. The maximum absolute atomic E-state index is 12.0. The van der Waals surface area contributed by atoms with Crippen LogP contribution in [0.1, 0.15) is 19.4 Å². The lowest BCUT2D eigenvalue weighted by molar-refractivity contribution is -0.274. The average Bonchev–Trinajstić information content (AvgIpc) is 2.29. The van der Waals surface area contributed by atoms with Gasteiger partial charge in [0.05, 0.1) is 0 Å². The molecule has 6 heteroatoms. The zero-order chi connectivity index (χ0) is 14.5. The van der Waals surface area contributed by atoms with Crippen LogP contribution in [0, 0.1) is 5.41 Å². The fourth-order valence-electron chi connectivity index (χ4n) is 1.40. The minimum Gasteiger partial charge on any atom is -0.406 e. The van der Waals surface area contributed by atoms with Crippen LogP contribution in [0.5, 0.6) is 5.75 Å². The van der Waals surface area contributed by atoms with E-state index in [4.69, 9.17) is 11.6 Å².